The number of hydrogen-bond acceptors (Lipinski definition) is 4. The number of carboxylic acids is 1. The van der Waals surface area contributed by atoms with Crippen LogP contribution in [0.1, 0.15) is 19.3 Å². The van der Waals surface area contributed by atoms with Gasteiger partial charge in [0, 0.05) is 13.1 Å². The third-order valence-electron chi connectivity index (χ3n) is 3.86. The molecule has 2 unspecified atom stereocenters. The van der Waals surface area contributed by atoms with Crippen molar-refractivity contribution in [3.63, 3.8) is 0 Å². The van der Waals surface area contributed by atoms with Gasteiger partial charge in [-0.25, -0.2) is 9.59 Å². The first-order valence-corrected chi connectivity index (χ1v) is 6.76. The first-order valence-electron chi connectivity index (χ1n) is 6.76. The van der Waals surface area contributed by atoms with Crippen LogP contribution in [0.3, 0.4) is 0 Å². The summed E-state index contributed by atoms with van der Waals surface area (Å²) in [7, 11) is 0. The van der Waals surface area contributed by atoms with Crippen LogP contribution in [-0.4, -0.2) is 59.0 Å². The number of rotatable bonds is 4. The predicted octanol–water partition coefficient (Wildman–Crippen LogP) is -1.76. The molecule has 0 aliphatic carbocycles. The van der Waals surface area contributed by atoms with Crippen molar-refractivity contribution in [1.82, 2.24) is 15.5 Å². The largest absolute Gasteiger partial charge is 0.480 e. The molecule has 0 saturated carbocycles. The molecule has 0 bridgehead atoms. The summed E-state index contributed by atoms with van der Waals surface area (Å²) in [6.07, 6.45) is 0.916. The van der Waals surface area contributed by atoms with E-state index in [1.807, 2.05) is 0 Å². The molecule has 21 heavy (non-hydrogen) atoms. The lowest BCUT2D eigenvalue weighted by molar-refractivity contribution is -0.141. The molecule has 2 aliphatic rings. The monoisotopic (exact) mass is 298 g/mol. The summed E-state index contributed by atoms with van der Waals surface area (Å²) < 4.78 is 0. The first-order chi connectivity index (χ1) is 9.90. The molecular formula is C12H18N4O5. The maximum absolute atomic E-state index is 12.2. The maximum Gasteiger partial charge on any atom is 0.326 e. The fraction of sp³-hybridized carbons (Fsp3) is 0.667. The summed E-state index contributed by atoms with van der Waals surface area (Å²) in [6.45, 7) is 0.815. The van der Waals surface area contributed by atoms with Gasteiger partial charge in [-0.2, -0.15) is 0 Å². The van der Waals surface area contributed by atoms with Crippen LogP contribution in [0.2, 0.25) is 0 Å². The van der Waals surface area contributed by atoms with Crippen LogP contribution in [0.5, 0.6) is 0 Å². The minimum absolute atomic E-state index is 0.0792. The summed E-state index contributed by atoms with van der Waals surface area (Å²) >= 11 is 0. The minimum atomic E-state index is -1.36. The lowest BCUT2D eigenvalue weighted by atomic mass is 9.92. The highest BCUT2D eigenvalue weighted by Crippen LogP contribution is 2.27. The third kappa shape index (κ3) is 3.23. The van der Waals surface area contributed by atoms with Gasteiger partial charge in [0.1, 0.15) is 6.04 Å². The van der Waals surface area contributed by atoms with Crippen molar-refractivity contribution in [2.24, 2.45) is 11.7 Å². The van der Waals surface area contributed by atoms with Crippen LogP contribution in [0.15, 0.2) is 0 Å². The Kier molecular flexibility index (Phi) is 4.29. The summed E-state index contributed by atoms with van der Waals surface area (Å²) in [4.78, 5) is 47.2. The smallest absolute Gasteiger partial charge is 0.326 e. The SMILES string of the molecule is NC(=O)C[C@H](NC(=O)N1CCCC2C(=O)NCC21)C(=O)O. The van der Waals surface area contributed by atoms with Crippen molar-refractivity contribution < 1.29 is 24.3 Å². The molecule has 9 nitrogen and oxygen atoms in total. The molecule has 2 saturated heterocycles. The number of hydrogen-bond donors (Lipinski definition) is 4. The Balaban J connectivity index is 2.03. The van der Waals surface area contributed by atoms with Crippen molar-refractivity contribution in [3.8, 4) is 0 Å². The van der Waals surface area contributed by atoms with Crippen molar-refractivity contribution >= 4 is 23.8 Å². The fourth-order valence-electron chi connectivity index (χ4n) is 2.84. The van der Waals surface area contributed by atoms with E-state index in [4.69, 9.17) is 10.8 Å². The van der Waals surface area contributed by atoms with Crippen molar-refractivity contribution in [2.45, 2.75) is 31.3 Å². The zero-order valence-corrected chi connectivity index (χ0v) is 11.4. The van der Waals surface area contributed by atoms with Crippen LogP contribution in [0.4, 0.5) is 4.79 Å². The molecule has 2 aliphatic heterocycles. The van der Waals surface area contributed by atoms with E-state index in [1.54, 1.807) is 0 Å². The average molecular weight is 298 g/mol. The second kappa shape index (κ2) is 5.98. The Morgan fingerprint density at radius 2 is 2.19 bits per heavy atom. The summed E-state index contributed by atoms with van der Waals surface area (Å²) in [5.41, 5.74) is 4.97. The number of nitrogens with zero attached hydrogens (tertiary/aromatic N) is 1. The number of likely N-dealkylation sites (tertiary alicyclic amines) is 1. The van der Waals surface area contributed by atoms with E-state index in [2.05, 4.69) is 10.6 Å². The van der Waals surface area contributed by atoms with E-state index in [0.717, 1.165) is 0 Å². The van der Waals surface area contributed by atoms with Gasteiger partial charge in [0.15, 0.2) is 0 Å². The maximum atomic E-state index is 12.2. The van der Waals surface area contributed by atoms with E-state index in [1.165, 1.54) is 4.90 Å². The standard InChI is InChI=1S/C12H18N4O5/c13-9(17)4-7(11(19)20)15-12(21)16-3-1-2-6-8(16)5-14-10(6)18/h6-8H,1-5H2,(H2,13,17)(H,14,18)(H,15,21)(H,19,20)/t6?,7-,8?/m0/s1. The Morgan fingerprint density at radius 1 is 1.48 bits per heavy atom. The third-order valence-corrected chi connectivity index (χ3v) is 3.86. The molecule has 0 spiro atoms. The van der Waals surface area contributed by atoms with Gasteiger partial charge < -0.3 is 26.4 Å². The number of urea groups is 1. The second-order valence-electron chi connectivity index (χ2n) is 5.27. The van der Waals surface area contributed by atoms with Gasteiger partial charge in [-0.05, 0) is 12.8 Å². The van der Waals surface area contributed by atoms with Gasteiger partial charge in [0.2, 0.25) is 11.8 Å². The zero-order valence-electron chi connectivity index (χ0n) is 11.4. The summed E-state index contributed by atoms with van der Waals surface area (Å²) in [5, 5.41) is 14.0. The average Bonchev–Trinajstić information content (AvgIpc) is 2.79. The van der Waals surface area contributed by atoms with Crippen molar-refractivity contribution in [3.05, 3.63) is 0 Å². The van der Waals surface area contributed by atoms with Gasteiger partial charge >= 0.3 is 12.0 Å². The zero-order chi connectivity index (χ0) is 15.6. The molecule has 2 rings (SSSR count). The highest BCUT2D eigenvalue weighted by molar-refractivity contribution is 5.88. The molecule has 0 aromatic rings. The Bertz CT molecular complexity index is 480. The van der Waals surface area contributed by atoms with Crippen molar-refractivity contribution in [2.75, 3.05) is 13.1 Å². The van der Waals surface area contributed by atoms with Gasteiger partial charge in [0.05, 0.1) is 18.4 Å². The Hall–Kier alpha value is -2.32. The van der Waals surface area contributed by atoms with Gasteiger partial charge in [-0.15, -0.1) is 0 Å². The van der Waals surface area contributed by atoms with Crippen LogP contribution in [0.25, 0.3) is 0 Å². The second-order valence-corrected chi connectivity index (χ2v) is 5.27. The van der Waals surface area contributed by atoms with Crippen LogP contribution < -0.4 is 16.4 Å². The Labute approximate surface area is 120 Å². The molecule has 0 aromatic heterocycles. The molecule has 0 radical (unpaired) electrons. The normalized spacial score (nSPS) is 25.7. The van der Waals surface area contributed by atoms with Crippen LogP contribution >= 0.6 is 0 Å². The number of piperidine rings is 1. The molecule has 9 heteroatoms. The van der Waals surface area contributed by atoms with Crippen LogP contribution in [-0.2, 0) is 14.4 Å². The Morgan fingerprint density at radius 3 is 2.81 bits per heavy atom. The number of carbonyl (C=O) groups is 4. The number of primary amides is 1. The molecule has 0 aromatic carbocycles. The lowest BCUT2D eigenvalue weighted by Crippen LogP contribution is -2.56. The highest BCUT2D eigenvalue weighted by Gasteiger charge is 2.43. The number of nitrogens with one attached hydrogen (secondary N) is 2. The molecule has 2 heterocycles. The van der Waals surface area contributed by atoms with Crippen molar-refractivity contribution in [1.29, 1.82) is 0 Å². The number of fused-ring (bicyclic) bond motifs is 1. The van der Waals surface area contributed by atoms with E-state index in [9.17, 15) is 19.2 Å². The topological polar surface area (TPSA) is 142 Å². The number of carboxylic acid groups (broad SMARTS) is 1. The van der Waals surface area contributed by atoms with Gasteiger partial charge in [-0.3, -0.25) is 9.59 Å². The van der Waals surface area contributed by atoms with E-state index in [0.29, 0.717) is 25.9 Å². The number of aliphatic carboxylic acids is 1. The molecule has 116 valence electrons. The number of carbonyl (C=O) groups excluding carboxylic acids is 3. The molecule has 2 fully saturated rings. The minimum Gasteiger partial charge on any atom is -0.480 e. The van der Waals surface area contributed by atoms with Crippen LogP contribution in [0, 0.1) is 5.92 Å². The lowest BCUT2D eigenvalue weighted by Gasteiger charge is -2.36. The number of nitrogens with two attached hydrogens (primary N) is 1. The highest BCUT2D eigenvalue weighted by atomic mass is 16.4. The van der Waals surface area contributed by atoms with E-state index in [-0.39, 0.29) is 17.9 Å². The molecular weight excluding hydrogens is 280 g/mol. The quantitative estimate of drug-likeness (QED) is 0.486. The molecule has 4 amide bonds. The molecule has 3 atom stereocenters. The summed E-state index contributed by atoms with van der Waals surface area (Å²) in [6, 6.07) is -2.22. The fourth-order valence-corrected chi connectivity index (χ4v) is 2.84. The van der Waals surface area contributed by atoms with Gasteiger partial charge in [-0.1, -0.05) is 0 Å². The van der Waals surface area contributed by atoms with E-state index < -0.39 is 30.4 Å². The van der Waals surface area contributed by atoms with E-state index >= 15 is 0 Å². The summed E-state index contributed by atoms with van der Waals surface area (Å²) in [5.74, 6) is -2.46. The molecule has 5 N–H and O–H groups in total. The first kappa shape index (κ1) is 15.1. The number of amides is 4. The predicted molar refractivity (Wildman–Crippen MR) is 70.0 cm³/mol. The van der Waals surface area contributed by atoms with Gasteiger partial charge in [0.25, 0.3) is 0 Å².